The average molecular weight is 505 g/mol. The van der Waals surface area contributed by atoms with E-state index in [-0.39, 0.29) is 17.9 Å². The van der Waals surface area contributed by atoms with Crippen LogP contribution in [0.2, 0.25) is 0 Å². The molecule has 4 N–H and O–H groups in total. The van der Waals surface area contributed by atoms with Crippen molar-refractivity contribution >= 4 is 27.8 Å². The number of hydrogen-bond acceptors (Lipinski definition) is 4. The molecule has 1 unspecified atom stereocenters. The van der Waals surface area contributed by atoms with Crippen LogP contribution in [0.3, 0.4) is 0 Å². The molecule has 37 heavy (non-hydrogen) atoms. The summed E-state index contributed by atoms with van der Waals surface area (Å²) < 4.78 is 21.9. The lowest BCUT2D eigenvalue weighted by molar-refractivity contribution is 0.0841. The van der Waals surface area contributed by atoms with Gasteiger partial charge in [-0.1, -0.05) is 0 Å². The number of piperidine rings is 1. The highest BCUT2D eigenvalue weighted by Gasteiger charge is 2.28. The largest absolute Gasteiger partial charge is 0.381 e. The number of primary amides is 1. The number of aromatic amines is 1. The third-order valence-corrected chi connectivity index (χ3v) is 7.91. The summed E-state index contributed by atoms with van der Waals surface area (Å²) in [5.74, 6) is 0.102. The Bertz CT molecular complexity index is 1410. The molecular formula is C28H33FN6O2. The van der Waals surface area contributed by atoms with Gasteiger partial charge in [-0.05, 0) is 80.6 Å². The van der Waals surface area contributed by atoms with Crippen LogP contribution in [0, 0.1) is 5.82 Å². The van der Waals surface area contributed by atoms with E-state index in [1.165, 1.54) is 28.8 Å². The van der Waals surface area contributed by atoms with E-state index in [0.717, 1.165) is 80.5 Å². The highest BCUT2D eigenvalue weighted by Crippen LogP contribution is 2.39. The molecule has 2 fully saturated rings. The Labute approximate surface area is 214 Å². The molecule has 2 aromatic heterocycles. The van der Waals surface area contributed by atoms with Gasteiger partial charge in [0, 0.05) is 60.4 Å². The molecule has 0 saturated carbocycles. The summed E-state index contributed by atoms with van der Waals surface area (Å²) in [5, 5.41) is 13.3. The maximum Gasteiger partial charge on any atom is 0.314 e. The van der Waals surface area contributed by atoms with Gasteiger partial charge in [0.25, 0.3) is 0 Å². The fraction of sp³-hybridized carbons (Fsp3) is 0.429. The number of nitrogens with one attached hydrogen (secondary N) is 2. The summed E-state index contributed by atoms with van der Waals surface area (Å²) in [7, 11) is 0. The number of benzene rings is 2. The summed E-state index contributed by atoms with van der Waals surface area (Å²) >= 11 is 0. The molecule has 4 aromatic rings. The van der Waals surface area contributed by atoms with E-state index in [9.17, 15) is 9.18 Å². The number of hydrogen-bond donors (Lipinski definition) is 3. The SMILES string of the molecule is NC(=O)N1CCCC(NCCc2c(C3CCOCC3)n(-c3ccc(F)cc3)c3cc4cn[nH]c4cc23)C1. The van der Waals surface area contributed by atoms with E-state index in [1.807, 2.05) is 18.3 Å². The Morgan fingerprint density at radius 1 is 1.19 bits per heavy atom. The predicted molar refractivity (Wildman–Crippen MR) is 142 cm³/mol. The Morgan fingerprint density at radius 2 is 2.00 bits per heavy atom. The number of nitrogens with zero attached hydrogens (tertiary/aromatic N) is 3. The van der Waals surface area contributed by atoms with Crippen LogP contribution in [-0.4, -0.2) is 64.6 Å². The van der Waals surface area contributed by atoms with Gasteiger partial charge in [0.05, 0.1) is 17.2 Å². The van der Waals surface area contributed by atoms with Crippen LogP contribution in [0.15, 0.2) is 42.6 Å². The Morgan fingerprint density at radius 3 is 2.78 bits per heavy atom. The molecule has 4 heterocycles. The average Bonchev–Trinajstić information content (AvgIpc) is 3.50. The molecule has 0 radical (unpaired) electrons. The highest BCUT2D eigenvalue weighted by atomic mass is 19.1. The predicted octanol–water partition coefficient (Wildman–Crippen LogP) is 4.22. The fourth-order valence-electron chi connectivity index (χ4n) is 6.09. The van der Waals surface area contributed by atoms with Crippen molar-refractivity contribution in [3.8, 4) is 5.69 Å². The Balaban J connectivity index is 1.41. The maximum atomic E-state index is 13.9. The quantitative estimate of drug-likeness (QED) is 0.366. The van der Waals surface area contributed by atoms with Gasteiger partial charge in [-0.15, -0.1) is 0 Å². The van der Waals surface area contributed by atoms with Crippen LogP contribution in [0.25, 0.3) is 27.5 Å². The van der Waals surface area contributed by atoms with Crippen LogP contribution in [0.5, 0.6) is 0 Å². The first-order valence-corrected chi connectivity index (χ1v) is 13.2. The van der Waals surface area contributed by atoms with Gasteiger partial charge >= 0.3 is 6.03 Å². The standard InChI is InChI=1S/C28H33FN6O2/c29-20-3-5-22(6-4-20)35-26-14-19-16-32-33-25(19)15-24(26)23(27(35)18-8-12-37-13-9-18)7-10-31-21-2-1-11-34(17-21)28(30)36/h3-6,14-16,18,21,31H,1-2,7-13,17H2,(H2,30,36)(H,32,33). The van der Waals surface area contributed by atoms with E-state index >= 15 is 0 Å². The van der Waals surface area contributed by atoms with Crippen molar-refractivity contribution in [1.82, 2.24) is 25.0 Å². The smallest absolute Gasteiger partial charge is 0.314 e. The molecule has 1 atom stereocenters. The van der Waals surface area contributed by atoms with Crippen LogP contribution in [0.4, 0.5) is 9.18 Å². The zero-order chi connectivity index (χ0) is 25.4. The van der Waals surface area contributed by atoms with Gasteiger partial charge in [0.2, 0.25) is 0 Å². The van der Waals surface area contributed by atoms with Gasteiger partial charge in [-0.3, -0.25) is 5.10 Å². The number of halogens is 1. The van der Waals surface area contributed by atoms with Gasteiger partial charge < -0.3 is 25.3 Å². The lowest BCUT2D eigenvalue weighted by atomic mass is 9.91. The molecule has 0 bridgehead atoms. The molecule has 0 spiro atoms. The summed E-state index contributed by atoms with van der Waals surface area (Å²) in [5.41, 5.74) is 11.2. The molecule has 8 nitrogen and oxygen atoms in total. The minimum Gasteiger partial charge on any atom is -0.381 e. The van der Waals surface area contributed by atoms with Crippen LogP contribution in [0.1, 0.15) is 42.9 Å². The van der Waals surface area contributed by atoms with Crippen LogP contribution >= 0.6 is 0 Å². The normalized spacial score (nSPS) is 19.2. The van der Waals surface area contributed by atoms with Crippen molar-refractivity contribution in [2.24, 2.45) is 5.73 Å². The second-order valence-electron chi connectivity index (χ2n) is 10.2. The number of H-pyrrole nitrogens is 1. The number of urea groups is 1. The van der Waals surface area contributed by atoms with Crippen molar-refractivity contribution in [1.29, 1.82) is 0 Å². The van der Waals surface area contributed by atoms with E-state index in [2.05, 4.69) is 32.2 Å². The topological polar surface area (TPSA) is 101 Å². The monoisotopic (exact) mass is 504 g/mol. The molecule has 2 aliphatic rings. The Kier molecular flexibility index (Phi) is 6.56. The second-order valence-corrected chi connectivity index (χ2v) is 10.2. The Hall–Kier alpha value is -3.43. The van der Waals surface area contributed by atoms with Gasteiger partial charge in [-0.25, -0.2) is 9.18 Å². The number of ether oxygens (including phenoxy) is 1. The number of carbonyl (C=O) groups is 1. The number of aromatic nitrogens is 3. The molecule has 2 saturated heterocycles. The number of likely N-dealkylation sites (tertiary alicyclic amines) is 1. The van der Waals surface area contributed by atoms with Crippen molar-refractivity contribution in [2.75, 3.05) is 32.8 Å². The number of carbonyl (C=O) groups excluding carboxylic acids is 1. The first-order valence-electron chi connectivity index (χ1n) is 13.2. The number of nitrogens with two attached hydrogens (primary N) is 1. The molecule has 2 aromatic carbocycles. The van der Waals surface area contributed by atoms with Crippen molar-refractivity contribution in [2.45, 2.75) is 44.1 Å². The molecule has 194 valence electrons. The van der Waals surface area contributed by atoms with Gasteiger partial charge in [-0.2, -0.15) is 5.10 Å². The van der Waals surface area contributed by atoms with E-state index in [4.69, 9.17) is 10.5 Å². The van der Waals surface area contributed by atoms with Gasteiger partial charge in [0.15, 0.2) is 0 Å². The summed E-state index contributed by atoms with van der Waals surface area (Å²) in [6.45, 7) is 3.64. The first kappa shape index (κ1) is 23.9. The zero-order valence-electron chi connectivity index (χ0n) is 20.9. The number of amides is 2. The highest BCUT2D eigenvalue weighted by molar-refractivity contribution is 5.98. The maximum absolute atomic E-state index is 13.9. The van der Waals surface area contributed by atoms with Crippen molar-refractivity contribution in [3.63, 3.8) is 0 Å². The minimum absolute atomic E-state index is 0.234. The van der Waals surface area contributed by atoms with Gasteiger partial charge in [0.1, 0.15) is 5.82 Å². The molecule has 2 amide bonds. The molecule has 2 aliphatic heterocycles. The molecule has 0 aliphatic carbocycles. The zero-order valence-corrected chi connectivity index (χ0v) is 20.9. The summed E-state index contributed by atoms with van der Waals surface area (Å²) in [6, 6.07) is 11.0. The molecule has 6 rings (SSSR count). The first-order chi connectivity index (χ1) is 18.1. The summed E-state index contributed by atoms with van der Waals surface area (Å²) in [4.78, 5) is 13.4. The third kappa shape index (κ3) is 4.69. The molecular weight excluding hydrogens is 471 g/mol. The lowest BCUT2D eigenvalue weighted by Gasteiger charge is -2.32. The second kappa shape index (κ2) is 10.1. The van der Waals surface area contributed by atoms with Crippen molar-refractivity contribution in [3.05, 3.63) is 59.7 Å². The number of rotatable bonds is 6. The summed E-state index contributed by atoms with van der Waals surface area (Å²) in [6.07, 6.45) is 6.57. The van der Waals surface area contributed by atoms with Crippen molar-refractivity contribution < 1.29 is 13.9 Å². The van der Waals surface area contributed by atoms with E-state index < -0.39 is 0 Å². The van der Waals surface area contributed by atoms with Crippen LogP contribution in [-0.2, 0) is 11.2 Å². The van der Waals surface area contributed by atoms with Crippen LogP contribution < -0.4 is 11.1 Å². The fourth-order valence-corrected chi connectivity index (χ4v) is 6.09. The van der Waals surface area contributed by atoms with E-state index in [0.29, 0.717) is 12.5 Å². The third-order valence-electron chi connectivity index (χ3n) is 7.91. The number of fused-ring (bicyclic) bond motifs is 2. The minimum atomic E-state index is -0.348. The van der Waals surface area contributed by atoms with E-state index in [1.54, 1.807) is 4.90 Å². The lowest BCUT2D eigenvalue weighted by Crippen LogP contribution is -2.50. The molecule has 9 heteroatoms.